The van der Waals surface area contributed by atoms with E-state index in [4.69, 9.17) is 14.2 Å². The molecule has 0 saturated heterocycles. The van der Waals surface area contributed by atoms with Gasteiger partial charge in [0.2, 0.25) is 0 Å². The van der Waals surface area contributed by atoms with E-state index in [9.17, 15) is 4.79 Å². The highest BCUT2D eigenvalue weighted by atomic mass is 16.7. The van der Waals surface area contributed by atoms with Crippen molar-refractivity contribution in [1.82, 2.24) is 0 Å². The molecular formula is C22H22O4. The third kappa shape index (κ3) is 4.91. The lowest BCUT2D eigenvalue weighted by Crippen LogP contribution is -2.16. The van der Waals surface area contributed by atoms with Gasteiger partial charge in [-0.25, -0.2) is 0 Å². The summed E-state index contributed by atoms with van der Waals surface area (Å²) in [6.07, 6.45) is -0.435. The Hall–Kier alpha value is -2.69. The summed E-state index contributed by atoms with van der Waals surface area (Å²) in [5.41, 5.74) is 2.02. The Morgan fingerprint density at radius 1 is 0.885 bits per heavy atom. The molecule has 0 radical (unpaired) electrons. The smallest absolute Gasteiger partial charge is 0.303 e. The van der Waals surface area contributed by atoms with E-state index in [0.29, 0.717) is 6.61 Å². The maximum Gasteiger partial charge on any atom is 0.303 e. The molecule has 3 aromatic carbocycles. The Balaban J connectivity index is 1.51. The fourth-order valence-corrected chi connectivity index (χ4v) is 2.85. The average molecular weight is 350 g/mol. The molecule has 0 amide bonds. The highest BCUT2D eigenvalue weighted by molar-refractivity contribution is 5.85. The fourth-order valence-electron chi connectivity index (χ4n) is 2.85. The number of rotatable bonds is 8. The second kappa shape index (κ2) is 9.13. The minimum absolute atomic E-state index is 0.133. The first-order chi connectivity index (χ1) is 12.7. The normalized spacial score (nSPS) is 12.0. The average Bonchev–Trinajstić information content (AvgIpc) is 2.67. The standard InChI is InChI=1S/C22H22O4/c1-17(23)26-22(19-9-3-2-4-10-19)15-25-16-24-14-20-12-7-11-18-8-5-6-13-21(18)20/h2-13,22H,14-16H2,1H3. The number of carbonyl (C=O) groups excluding carboxylic acids is 1. The Labute approximate surface area is 153 Å². The minimum Gasteiger partial charge on any atom is -0.455 e. The molecule has 3 aromatic rings. The Bertz CT molecular complexity index is 840. The maximum atomic E-state index is 11.3. The molecule has 0 fully saturated rings. The molecule has 4 heteroatoms. The summed E-state index contributed by atoms with van der Waals surface area (Å²) in [4.78, 5) is 11.3. The lowest BCUT2D eigenvalue weighted by molar-refractivity contribution is -0.154. The summed E-state index contributed by atoms with van der Waals surface area (Å²) < 4.78 is 16.6. The van der Waals surface area contributed by atoms with E-state index in [1.165, 1.54) is 17.7 Å². The number of hydrogen-bond donors (Lipinski definition) is 0. The summed E-state index contributed by atoms with van der Waals surface area (Å²) in [5.74, 6) is -0.334. The van der Waals surface area contributed by atoms with Gasteiger partial charge in [-0.15, -0.1) is 0 Å². The molecule has 3 rings (SSSR count). The van der Waals surface area contributed by atoms with Gasteiger partial charge in [-0.1, -0.05) is 72.8 Å². The van der Waals surface area contributed by atoms with Crippen molar-refractivity contribution in [1.29, 1.82) is 0 Å². The lowest BCUT2D eigenvalue weighted by Gasteiger charge is -2.17. The van der Waals surface area contributed by atoms with Gasteiger partial charge < -0.3 is 14.2 Å². The maximum absolute atomic E-state index is 11.3. The number of fused-ring (bicyclic) bond motifs is 1. The van der Waals surface area contributed by atoms with Crippen LogP contribution < -0.4 is 0 Å². The van der Waals surface area contributed by atoms with Crippen LogP contribution in [-0.4, -0.2) is 19.4 Å². The van der Waals surface area contributed by atoms with Crippen LogP contribution in [0.4, 0.5) is 0 Å². The van der Waals surface area contributed by atoms with Crippen LogP contribution >= 0.6 is 0 Å². The number of carbonyl (C=O) groups is 1. The zero-order valence-corrected chi connectivity index (χ0v) is 14.8. The molecule has 0 aromatic heterocycles. The zero-order valence-electron chi connectivity index (χ0n) is 14.8. The van der Waals surface area contributed by atoms with Gasteiger partial charge in [-0.05, 0) is 21.9 Å². The van der Waals surface area contributed by atoms with Gasteiger partial charge in [-0.3, -0.25) is 4.79 Å². The first-order valence-electron chi connectivity index (χ1n) is 8.58. The van der Waals surface area contributed by atoms with Crippen LogP contribution in [0.2, 0.25) is 0 Å². The van der Waals surface area contributed by atoms with E-state index in [1.54, 1.807) is 0 Å². The van der Waals surface area contributed by atoms with Crippen molar-refractivity contribution in [3.8, 4) is 0 Å². The molecule has 0 spiro atoms. The topological polar surface area (TPSA) is 44.8 Å². The third-order valence-electron chi connectivity index (χ3n) is 4.05. The van der Waals surface area contributed by atoms with Gasteiger partial charge in [0, 0.05) is 6.92 Å². The van der Waals surface area contributed by atoms with E-state index in [2.05, 4.69) is 18.2 Å². The van der Waals surface area contributed by atoms with E-state index in [-0.39, 0.29) is 19.4 Å². The van der Waals surface area contributed by atoms with Crippen molar-refractivity contribution in [2.75, 3.05) is 13.4 Å². The van der Waals surface area contributed by atoms with Gasteiger partial charge in [0.1, 0.15) is 6.79 Å². The van der Waals surface area contributed by atoms with Crippen molar-refractivity contribution >= 4 is 16.7 Å². The van der Waals surface area contributed by atoms with Crippen molar-refractivity contribution in [3.63, 3.8) is 0 Å². The minimum atomic E-state index is -0.435. The Kier molecular flexibility index (Phi) is 6.36. The zero-order chi connectivity index (χ0) is 18.2. The first kappa shape index (κ1) is 18.1. The molecule has 0 N–H and O–H groups in total. The summed E-state index contributed by atoms with van der Waals surface area (Å²) in [6.45, 7) is 2.24. The molecule has 0 saturated carbocycles. The number of ether oxygens (including phenoxy) is 3. The van der Waals surface area contributed by atoms with Crippen LogP contribution in [0.15, 0.2) is 72.8 Å². The van der Waals surface area contributed by atoms with Crippen molar-refractivity contribution in [2.45, 2.75) is 19.6 Å². The second-order valence-electron chi connectivity index (χ2n) is 5.98. The Morgan fingerprint density at radius 2 is 1.62 bits per heavy atom. The van der Waals surface area contributed by atoms with Crippen LogP contribution in [0.5, 0.6) is 0 Å². The monoisotopic (exact) mass is 350 g/mol. The molecule has 1 unspecified atom stereocenters. The lowest BCUT2D eigenvalue weighted by atomic mass is 10.1. The predicted octanol–water partition coefficient (Wildman–Crippen LogP) is 4.63. The van der Waals surface area contributed by atoms with Gasteiger partial charge in [0.25, 0.3) is 0 Å². The van der Waals surface area contributed by atoms with Crippen molar-refractivity contribution in [3.05, 3.63) is 83.9 Å². The predicted molar refractivity (Wildman–Crippen MR) is 101 cm³/mol. The number of benzene rings is 3. The summed E-state index contributed by atoms with van der Waals surface area (Å²) in [6, 6.07) is 23.9. The summed E-state index contributed by atoms with van der Waals surface area (Å²) in [7, 11) is 0. The molecular weight excluding hydrogens is 328 g/mol. The van der Waals surface area contributed by atoms with Gasteiger partial charge >= 0.3 is 5.97 Å². The fraction of sp³-hybridized carbons (Fsp3) is 0.227. The molecule has 26 heavy (non-hydrogen) atoms. The summed E-state index contributed by atoms with van der Waals surface area (Å²) >= 11 is 0. The number of hydrogen-bond acceptors (Lipinski definition) is 4. The molecule has 4 nitrogen and oxygen atoms in total. The molecule has 0 aliphatic rings. The van der Waals surface area contributed by atoms with Gasteiger partial charge in [0.15, 0.2) is 6.10 Å². The Morgan fingerprint density at radius 3 is 2.42 bits per heavy atom. The third-order valence-corrected chi connectivity index (χ3v) is 4.05. The van der Waals surface area contributed by atoms with Crippen LogP contribution in [-0.2, 0) is 25.6 Å². The molecule has 0 bridgehead atoms. The van der Waals surface area contributed by atoms with Crippen molar-refractivity contribution < 1.29 is 19.0 Å². The largest absolute Gasteiger partial charge is 0.455 e. The molecule has 0 heterocycles. The van der Waals surface area contributed by atoms with Crippen LogP contribution in [0, 0.1) is 0 Å². The molecule has 0 aliphatic heterocycles. The molecule has 134 valence electrons. The highest BCUT2D eigenvalue weighted by Crippen LogP contribution is 2.20. The van der Waals surface area contributed by atoms with E-state index in [1.807, 2.05) is 54.6 Å². The number of esters is 1. The van der Waals surface area contributed by atoms with Gasteiger partial charge in [-0.2, -0.15) is 0 Å². The quantitative estimate of drug-likeness (QED) is 0.337. The molecule has 0 aliphatic carbocycles. The van der Waals surface area contributed by atoms with Crippen molar-refractivity contribution in [2.24, 2.45) is 0 Å². The SMILES string of the molecule is CC(=O)OC(COCOCc1cccc2ccccc12)c1ccccc1. The first-order valence-corrected chi connectivity index (χ1v) is 8.58. The van der Waals surface area contributed by atoms with E-state index >= 15 is 0 Å². The second-order valence-corrected chi connectivity index (χ2v) is 5.98. The van der Waals surface area contributed by atoms with Crippen LogP contribution in [0.3, 0.4) is 0 Å². The summed E-state index contributed by atoms with van der Waals surface area (Å²) in [5, 5.41) is 2.37. The van der Waals surface area contributed by atoms with Crippen LogP contribution in [0.1, 0.15) is 24.2 Å². The van der Waals surface area contributed by atoms with E-state index < -0.39 is 6.10 Å². The molecule has 1 atom stereocenters. The van der Waals surface area contributed by atoms with Crippen LogP contribution in [0.25, 0.3) is 10.8 Å². The van der Waals surface area contributed by atoms with E-state index in [0.717, 1.165) is 11.1 Å². The van der Waals surface area contributed by atoms with Gasteiger partial charge in [0.05, 0.1) is 13.2 Å². The highest BCUT2D eigenvalue weighted by Gasteiger charge is 2.14.